The molecule has 24 heavy (non-hydrogen) atoms. The van der Waals surface area contributed by atoms with Crippen molar-refractivity contribution >= 4 is 5.78 Å². The van der Waals surface area contributed by atoms with Gasteiger partial charge in [-0.25, -0.2) is 0 Å². The highest BCUT2D eigenvalue weighted by atomic mass is 16.7. The molecule has 1 atom stereocenters. The van der Waals surface area contributed by atoms with E-state index in [1.165, 1.54) is 0 Å². The Morgan fingerprint density at radius 1 is 1.17 bits per heavy atom. The van der Waals surface area contributed by atoms with Crippen molar-refractivity contribution in [3.8, 4) is 6.07 Å². The molecule has 2 N–H and O–H groups in total. The van der Waals surface area contributed by atoms with E-state index in [9.17, 15) is 10.1 Å². The molecule has 6 heteroatoms. The number of hydrogen-bond donors (Lipinski definition) is 1. The first-order valence-electron chi connectivity index (χ1n) is 8.63. The van der Waals surface area contributed by atoms with E-state index >= 15 is 0 Å². The first kappa shape index (κ1) is 15.7. The summed E-state index contributed by atoms with van der Waals surface area (Å²) in [6.45, 7) is 3.24. The number of allylic oxidation sites excluding steroid dienone is 3. The number of nitrogens with zero attached hydrogens (tertiary/aromatic N) is 1. The van der Waals surface area contributed by atoms with Gasteiger partial charge in [-0.3, -0.25) is 4.79 Å². The van der Waals surface area contributed by atoms with Gasteiger partial charge < -0.3 is 19.9 Å². The van der Waals surface area contributed by atoms with E-state index in [1.54, 1.807) is 0 Å². The smallest absolute Gasteiger partial charge is 0.205 e. The summed E-state index contributed by atoms with van der Waals surface area (Å²) < 4.78 is 17.3. The highest BCUT2D eigenvalue weighted by molar-refractivity contribution is 5.99. The normalized spacial score (nSPS) is 31.2. The molecule has 1 unspecified atom stereocenters. The highest BCUT2D eigenvalue weighted by Gasteiger charge is 2.55. The zero-order chi connectivity index (χ0) is 16.9. The average molecular weight is 330 g/mol. The molecule has 4 rings (SSSR count). The summed E-state index contributed by atoms with van der Waals surface area (Å²) in [5, 5.41) is 9.70. The molecule has 4 aliphatic rings. The van der Waals surface area contributed by atoms with Crippen LogP contribution < -0.4 is 5.73 Å². The zero-order valence-electron chi connectivity index (χ0n) is 13.9. The first-order valence-corrected chi connectivity index (χ1v) is 8.63. The Kier molecular flexibility index (Phi) is 3.48. The highest BCUT2D eigenvalue weighted by Crippen LogP contribution is 2.57. The predicted octanol–water partition coefficient (Wildman–Crippen LogP) is 2.27. The molecule has 2 fully saturated rings. The number of carbonyl (C=O) groups excluding carboxylic acids is 1. The molecule has 0 radical (unpaired) electrons. The van der Waals surface area contributed by atoms with Gasteiger partial charge in [-0.15, -0.1) is 0 Å². The van der Waals surface area contributed by atoms with Crippen LogP contribution in [0.4, 0.5) is 0 Å². The minimum atomic E-state index is -0.635. The van der Waals surface area contributed by atoms with Crippen LogP contribution in [0.2, 0.25) is 0 Å². The number of hydrogen-bond acceptors (Lipinski definition) is 6. The molecule has 128 valence electrons. The lowest BCUT2D eigenvalue weighted by atomic mass is 9.59. The molecule has 0 bridgehead atoms. The molecule has 1 saturated carbocycles. The standard InChI is InChI=1S/C18H22N2O4/c1-11-8-13(21)15-14(9-11)24-16(20)12(10-19)17(15)2-4-18(5-3-17)22-6-7-23-18/h11H,2-9,20H2,1H3. The topological polar surface area (TPSA) is 94.6 Å². The third-order valence-electron chi connectivity index (χ3n) is 5.85. The van der Waals surface area contributed by atoms with Crippen molar-refractivity contribution in [2.45, 2.75) is 51.2 Å². The predicted molar refractivity (Wildman–Crippen MR) is 83.9 cm³/mol. The fourth-order valence-corrected chi connectivity index (χ4v) is 4.74. The van der Waals surface area contributed by atoms with Crippen molar-refractivity contribution in [3.05, 3.63) is 22.8 Å². The Morgan fingerprint density at radius 2 is 1.83 bits per heavy atom. The Bertz CT molecular complexity index is 684. The van der Waals surface area contributed by atoms with Gasteiger partial charge in [0, 0.05) is 36.7 Å². The molecular formula is C18H22N2O4. The van der Waals surface area contributed by atoms with E-state index in [-0.39, 0.29) is 17.6 Å². The van der Waals surface area contributed by atoms with Crippen LogP contribution in [0.3, 0.4) is 0 Å². The Labute approximate surface area is 141 Å². The second kappa shape index (κ2) is 5.33. The Morgan fingerprint density at radius 3 is 2.46 bits per heavy atom. The third kappa shape index (κ3) is 2.11. The Balaban J connectivity index is 1.76. The van der Waals surface area contributed by atoms with Gasteiger partial charge in [0.2, 0.25) is 5.88 Å². The number of ketones is 1. The number of fused-ring (bicyclic) bond motifs is 1. The molecule has 2 heterocycles. The molecule has 0 aromatic rings. The minimum Gasteiger partial charge on any atom is -0.444 e. The van der Waals surface area contributed by atoms with Crippen LogP contribution in [0, 0.1) is 22.7 Å². The second-order valence-electron chi connectivity index (χ2n) is 7.38. The lowest BCUT2D eigenvalue weighted by Gasteiger charge is -2.47. The van der Waals surface area contributed by atoms with Crippen LogP contribution in [-0.2, 0) is 19.0 Å². The van der Waals surface area contributed by atoms with Crippen molar-refractivity contribution < 1.29 is 19.0 Å². The van der Waals surface area contributed by atoms with E-state index in [4.69, 9.17) is 19.9 Å². The maximum atomic E-state index is 12.8. The van der Waals surface area contributed by atoms with E-state index in [2.05, 4.69) is 6.07 Å². The minimum absolute atomic E-state index is 0.0909. The largest absolute Gasteiger partial charge is 0.444 e. The maximum absolute atomic E-state index is 12.8. The van der Waals surface area contributed by atoms with E-state index in [0.29, 0.717) is 68.6 Å². The lowest BCUT2D eigenvalue weighted by molar-refractivity contribution is -0.187. The fourth-order valence-electron chi connectivity index (χ4n) is 4.74. The van der Waals surface area contributed by atoms with Crippen LogP contribution in [-0.4, -0.2) is 24.8 Å². The summed E-state index contributed by atoms with van der Waals surface area (Å²) in [6.07, 6.45) is 3.76. The van der Waals surface area contributed by atoms with Crippen LogP contribution in [0.1, 0.15) is 45.4 Å². The quantitative estimate of drug-likeness (QED) is 0.732. The van der Waals surface area contributed by atoms with Crippen molar-refractivity contribution in [1.29, 1.82) is 5.26 Å². The molecule has 0 amide bonds. The van der Waals surface area contributed by atoms with Gasteiger partial charge in [-0.05, 0) is 18.8 Å². The molecule has 1 saturated heterocycles. The summed E-state index contributed by atoms with van der Waals surface area (Å²) in [5.74, 6) is 0.598. The molecule has 0 aromatic heterocycles. The molecule has 2 aliphatic heterocycles. The number of nitrogens with two attached hydrogens (primary N) is 1. The lowest BCUT2D eigenvalue weighted by Crippen LogP contribution is -2.46. The van der Waals surface area contributed by atoms with Gasteiger partial charge in [0.05, 0.1) is 13.2 Å². The van der Waals surface area contributed by atoms with Crippen LogP contribution >= 0.6 is 0 Å². The molecule has 2 spiro atoms. The van der Waals surface area contributed by atoms with Crippen molar-refractivity contribution in [2.75, 3.05) is 13.2 Å². The fraction of sp³-hybridized carbons (Fsp3) is 0.667. The monoisotopic (exact) mass is 330 g/mol. The van der Waals surface area contributed by atoms with Crippen molar-refractivity contribution in [1.82, 2.24) is 0 Å². The number of carbonyl (C=O) groups is 1. The van der Waals surface area contributed by atoms with Crippen molar-refractivity contribution in [2.24, 2.45) is 17.1 Å². The third-order valence-corrected chi connectivity index (χ3v) is 5.85. The second-order valence-corrected chi connectivity index (χ2v) is 7.38. The molecule has 0 aromatic carbocycles. The summed E-state index contributed by atoms with van der Waals surface area (Å²) in [6, 6.07) is 2.22. The van der Waals surface area contributed by atoms with Gasteiger partial charge in [0.25, 0.3) is 0 Å². The summed E-state index contributed by atoms with van der Waals surface area (Å²) >= 11 is 0. The summed E-state index contributed by atoms with van der Waals surface area (Å²) in [5.41, 5.74) is 6.51. The average Bonchev–Trinajstić information content (AvgIpc) is 2.98. The zero-order valence-corrected chi connectivity index (χ0v) is 13.9. The SMILES string of the molecule is CC1CC(=O)C2=C(C1)OC(N)=C(C#N)C21CCC2(CC1)OCCO2. The van der Waals surface area contributed by atoms with E-state index in [0.717, 1.165) is 0 Å². The van der Waals surface area contributed by atoms with E-state index < -0.39 is 11.2 Å². The number of nitriles is 1. The van der Waals surface area contributed by atoms with E-state index in [1.807, 2.05) is 6.92 Å². The molecule has 2 aliphatic carbocycles. The van der Waals surface area contributed by atoms with Crippen LogP contribution in [0.25, 0.3) is 0 Å². The molecule has 6 nitrogen and oxygen atoms in total. The summed E-state index contributed by atoms with van der Waals surface area (Å²) in [4.78, 5) is 12.8. The van der Waals surface area contributed by atoms with Crippen molar-refractivity contribution in [3.63, 3.8) is 0 Å². The molecular weight excluding hydrogens is 308 g/mol. The maximum Gasteiger partial charge on any atom is 0.205 e. The Hall–Kier alpha value is -1.84. The number of ether oxygens (including phenoxy) is 3. The van der Waals surface area contributed by atoms with Gasteiger partial charge in [-0.2, -0.15) is 5.26 Å². The van der Waals surface area contributed by atoms with Crippen LogP contribution in [0.5, 0.6) is 0 Å². The van der Waals surface area contributed by atoms with Gasteiger partial charge in [-0.1, -0.05) is 6.92 Å². The summed E-state index contributed by atoms with van der Waals surface area (Å²) in [7, 11) is 0. The number of Topliss-reactive ketones (excluding diaryl/α,β-unsaturated/α-hetero) is 1. The van der Waals surface area contributed by atoms with Crippen LogP contribution in [0.15, 0.2) is 22.8 Å². The van der Waals surface area contributed by atoms with Gasteiger partial charge in [0.1, 0.15) is 17.4 Å². The van der Waals surface area contributed by atoms with Gasteiger partial charge in [0.15, 0.2) is 11.6 Å². The number of rotatable bonds is 0. The first-order chi connectivity index (χ1) is 11.5. The van der Waals surface area contributed by atoms with Gasteiger partial charge >= 0.3 is 0 Å².